The highest BCUT2D eigenvalue weighted by Crippen LogP contribution is 2.55. The Labute approximate surface area is 730 Å². The fraction of sp³-hybridized carbons (Fsp3) is 0.161. The van der Waals surface area contributed by atoms with Gasteiger partial charge < -0.3 is 70.0 Å². The summed E-state index contributed by atoms with van der Waals surface area (Å²) in [6.07, 6.45) is 4.56. The van der Waals surface area contributed by atoms with E-state index in [0.717, 1.165) is 59.6 Å². The molecule has 25 nitrogen and oxygen atoms in total. The van der Waals surface area contributed by atoms with Gasteiger partial charge in [-0.3, -0.25) is 0 Å². The molecule has 0 spiro atoms. The van der Waals surface area contributed by atoms with Gasteiger partial charge in [0.1, 0.15) is 51.9 Å². The Balaban J connectivity index is 0.000000186. The zero-order valence-electron chi connectivity index (χ0n) is 69.9. The largest absolute Gasteiger partial charge is 0.504 e. The molecular formula is C93H88F3N3O22S5. The molecule has 13 aromatic rings. The summed E-state index contributed by atoms with van der Waals surface area (Å²) in [4.78, 5) is 3.90. The molecule has 0 radical (unpaired) electrons. The van der Waals surface area contributed by atoms with Crippen LogP contribution in [0.15, 0.2) is 267 Å². The molecule has 0 aliphatic carbocycles. The number of methoxy groups -OCH3 is 6. The maximum Gasteiger partial charge on any atom is 0.306 e. The molecule has 33 heteroatoms. The maximum atomic E-state index is 16.3. The number of phenols is 1. The van der Waals surface area contributed by atoms with Crippen LogP contribution in [0.5, 0.6) is 69.0 Å². The molecule has 0 aliphatic heterocycles. The first-order chi connectivity index (χ1) is 59.8. The van der Waals surface area contributed by atoms with Crippen LogP contribution >= 0.6 is 0 Å². The Hall–Kier alpha value is -13.6. The van der Waals surface area contributed by atoms with Gasteiger partial charge in [0.15, 0.2) is 34.5 Å². The zero-order chi connectivity index (χ0) is 91.0. The number of nitrogen functional groups attached to an aromatic ring is 1. The Morgan fingerprint density at radius 1 is 0.286 bits per heavy atom. The molecule has 13 rings (SSSR count). The first kappa shape index (κ1) is 93.1. The fourth-order valence-corrected chi connectivity index (χ4v) is 16.0. The van der Waals surface area contributed by atoms with E-state index < -0.39 is 68.0 Å². The highest BCUT2D eigenvalue weighted by molar-refractivity contribution is 7.87. The van der Waals surface area contributed by atoms with E-state index in [1.807, 2.05) is 131 Å². The van der Waals surface area contributed by atoms with Gasteiger partial charge in [0.2, 0.25) is 0 Å². The molecule has 0 aromatic heterocycles. The van der Waals surface area contributed by atoms with Gasteiger partial charge in [-0.25, -0.2) is 13.2 Å². The summed E-state index contributed by atoms with van der Waals surface area (Å²) in [6.45, 7) is 1.87. The molecule has 0 saturated heterocycles. The van der Waals surface area contributed by atoms with Crippen molar-refractivity contribution in [2.24, 2.45) is 0 Å². The van der Waals surface area contributed by atoms with Crippen LogP contribution in [0, 0.1) is 17.5 Å². The number of anilines is 3. The SMILES string of the molecule is COc1cc(-c2ccc(OS(C)(=O)=O)cc2)c(OC)c(O)c1-c1ccc(N(Cc2ccccc2)Cc2ccccc2)c(F)c1.COc1cc(-c2ccc(OS(C)(=O)=O)cc2)c(OC)c(OS(C)(=O)=O)c1-c1ccc(N(Cc2ccccc2)Cc2ccccc2)c(F)c1.COc1cc(-c2ccc(OS(C)(=O)=O)cc2)c(OC)c(OS(C)(=O)=O)c1-c1ccc(N)c(F)c1. The first-order valence-corrected chi connectivity index (χ1v) is 47.1. The fourth-order valence-electron chi connectivity index (χ4n) is 13.7. The van der Waals surface area contributed by atoms with Crippen LogP contribution in [0.25, 0.3) is 66.8 Å². The number of phenolic OH excluding ortho intramolecular Hbond substituents is 1. The summed E-state index contributed by atoms with van der Waals surface area (Å²) in [5.74, 6) is -1.21. The molecule has 0 bridgehead atoms. The third-order valence-corrected chi connectivity index (χ3v) is 21.3. The Bertz CT molecular complexity index is 6580. The normalized spacial score (nSPS) is 11.4. The van der Waals surface area contributed by atoms with Gasteiger partial charge >= 0.3 is 50.6 Å². The number of ether oxygens (including phenoxy) is 6. The highest BCUT2D eigenvalue weighted by Gasteiger charge is 2.31. The smallest absolute Gasteiger partial charge is 0.306 e. The number of benzene rings is 13. The molecule has 0 aliphatic rings. The summed E-state index contributed by atoms with van der Waals surface area (Å²) >= 11 is 0. The molecule has 658 valence electrons. The summed E-state index contributed by atoms with van der Waals surface area (Å²) < 4.78 is 224. The molecule has 126 heavy (non-hydrogen) atoms. The second-order valence-electron chi connectivity index (χ2n) is 28.3. The second-order valence-corrected chi connectivity index (χ2v) is 36.2. The predicted octanol–water partition coefficient (Wildman–Crippen LogP) is 17.9. The van der Waals surface area contributed by atoms with Crippen LogP contribution in [0.2, 0.25) is 0 Å². The lowest BCUT2D eigenvalue weighted by Gasteiger charge is -2.26. The van der Waals surface area contributed by atoms with E-state index in [-0.39, 0.29) is 96.7 Å². The molecule has 0 unspecified atom stereocenters. The van der Waals surface area contributed by atoms with Gasteiger partial charge in [-0.2, -0.15) is 42.1 Å². The maximum absolute atomic E-state index is 16.3. The number of hydrogen-bond acceptors (Lipinski definition) is 25. The number of rotatable bonds is 32. The number of hydrogen-bond donors (Lipinski definition) is 2. The molecule has 3 N–H and O–H groups in total. The van der Waals surface area contributed by atoms with Crippen molar-refractivity contribution in [3.8, 4) is 136 Å². The average molecular weight is 1820 g/mol. The van der Waals surface area contributed by atoms with E-state index in [4.69, 9.17) is 55.1 Å². The van der Waals surface area contributed by atoms with Gasteiger partial charge in [-0.15, -0.1) is 0 Å². The quantitative estimate of drug-likeness (QED) is 0.0292. The second kappa shape index (κ2) is 40.4. The lowest BCUT2D eigenvalue weighted by atomic mass is 9.96. The number of nitrogens with zero attached hydrogens (tertiary/aromatic N) is 2. The minimum absolute atomic E-state index is 0.0234. The molecular weight excluding hydrogens is 1730 g/mol. The monoisotopic (exact) mass is 1820 g/mol. The van der Waals surface area contributed by atoms with Crippen LogP contribution < -0.4 is 64.9 Å². The number of nitrogens with two attached hydrogens (primary N) is 1. The predicted molar refractivity (Wildman–Crippen MR) is 480 cm³/mol. The molecule has 0 atom stereocenters. The van der Waals surface area contributed by atoms with Gasteiger partial charge in [-0.05, 0) is 147 Å². The van der Waals surface area contributed by atoms with E-state index in [0.29, 0.717) is 82.2 Å². The Kier molecular flexibility index (Phi) is 29.8. The van der Waals surface area contributed by atoms with Crippen molar-refractivity contribution in [2.75, 3.05) is 89.5 Å². The van der Waals surface area contributed by atoms with Crippen molar-refractivity contribution >= 4 is 67.7 Å². The molecule has 13 aromatic carbocycles. The standard InChI is InChI=1S/C36H34FNO8S2.C35H32FNO6S.C22H22FNO8S2/c1-43-33-22-30(27-15-18-29(19-16-27)45-47(3,39)40)35(44-2)36(46-48(4,41)42)34(33)28-17-20-32(31(37)21-28)38(23-25-11-7-5-8-12-25)24-26-13-9-6-10-14-26;1-41-32-21-29(26-14-17-28(18-15-26)43-44(3,39)40)35(42-2)34(38)33(32)27-16-19-31(30(36)20-27)37(22-24-10-6-4-7-11-24)23-25-12-8-5-9-13-25;1-29-19-12-16(13-5-8-15(9-6-13)31-33(3,25)26)21(30-2)22(32-34(4,27)28)20(19)14-7-10-18(24)17(23)11-14/h5-22H,23-24H2,1-4H3;4-21,38H,22-23H2,1-3H3;5-12H,24H2,1-4H3. The third kappa shape index (κ3) is 24.5. The van der Waals surface area contributed by atoms with E-state index in [9.17, 15) is 51.6 Å². The lowest BCUT2D eigenvalue weighted by molar-refractivity contribution is 0.369. The topological polar surface area (TPSA) is 325 Å². The van der Waals surface area contributed by atoms with Gasteiger partial charge in [-0.1, -0.05) is 176 Å². The van der Waals surface area contributed by atoms with Crippen LogP contribution in [0.1, 0.15) is 22.3 Å². The average Bonchev–Trinajstić information content (AvgIpc) is 0.764. The Morgan fingerprint density at radius 3 is 0.802 bits per heavy atom. The minimum Gasteiger partial charge on any atom is -0.504 e. The molecule has 0 heterocycles. The lowest BCUT2D eigenvalue weighted by Crippen LogP contribution is -2.23. The van der Waals surface area contributed by atoms with E-state index in [2.05, 4.69) is 0 Å². The van der Waals surface area contributed by atoms with Crippen molar-refractivity contribution < 1.29 is 110 Å². The minimum atomic E-state index is -4.12. The van der Waals surface area contributed by atoms with E-state index in [1.54, 1.807) is 78.9 Å². The van der Waals surface area contributed by atoms with Crippen molar-refractivity contribution in [2.45, 2.75) is 26.2 Å². The van der Waals surface area contributed by atoms with Crippen LogP contribution in [0.3, 0.4) is 0 Å². The van der Waals surface area contributed by atoms with E-state index in [1.165, 1.54) is 103 Å². The van der Waals surface area contributed by atoms with Crippen molar-refractivity contribution in [3.05, 3.63) is 307 Å². The van der Waals surface area contributed by atoms with Gasteiger partial charge in [0, 0.05) is 42.9 Å². The summed E-state index contributed by atoms with van der Waals surface area (Å²) in [5, 5.41) is 11.4. The van der Waals surface area contributed by atoms with Crippen LogP contribution in [-0.4, -0.2) is 121 Å². The van der Waals surface area contributed by atoms with Gasteiger partial charge in [0.25, 0.3) is 0 Å². The molecule has 0 amide bonds. The molecule has 0 saturated carbocycles. The van der Waals surface area contributed by atoms with Crippen LogP contribution in [-0.2, 0) is 76.8 Å². The zero-order valence-corrected chi connectivity index (χ0v) is 74.0. The Morgan fingerprint density at radius 2 is 0.540 bits per heavy atom. The van der Waals surface area contributed by atoms with Crippen molar-refractivity contribution in [1.29, 1.82) is 0 Å². The first-order valence-electron chi connectivity index (χ1n) is 38.0. The molecule has 0 fully saturated rings. The van der Waals surface area contributed by atoms with Crippen molar-refractivity contribution in [3.63, 3.8) is 0 Å². The van der Waals surface area contributed by atoms with E-state index >= 15 is 8.78 Å². The summed E-state index contributed by atoms with van der Waals surface area (Å²) in [6, 6.07) is 75.7. The number of aromatic hydroxyl groups is 1. The highest BCUT2D eigenvalue weighted by atomic mass is 32.2. The van der Waals surface area contributed by atoms with Crippen molar-refractivity contribution in [1.82, 2.24) is 0 Å². The number of halogens is 3. The van der Waals surface area contributed by atoms with Crippen LogP contribution in [0.4, 0.5) is 30.2 Å². The van der Waals surface area contributed by atoms with Gasteiger partial charge in [0.05, 0.1) is 108 Å². The summed E-state index contributed by atoms with van der Waals surface area (Å²) in [5.41, 5.74) is 14.7. The third-order valence-electron chi connectivity index (χ3n) is 18.9. The summed E-state index contributed by atoms with van der Waals surface area (Å²) in [7, 11) is -11.0.